The maximum Gasteiger partial charge on any atom is 0.240 e. The highest BCUT2D eigenvalue weighted by Crippen LogP contribution is 2.27. The Morgan fingerprint density at radius 1 is 1.47 bits per heavy atom. The molecule has 2 rings (SSSR count). The molecule has 0 spiro atoms. The molecule has 17 heavy (non-hydrogen) atoms. The van der Waals surface area contributed by atoms with Crippen molar-refractivity contribution in [3.8, 4) is 11.8 Å². The molecule has 0 aliphatic carbocycles. The van der Waals surface area contributed by atoms with Crippen LogP contribution in [0.25, 0.3) is 0 Å². The molecule has 0 saturated carbocycles. The van der Waals surface area contributed by atoms with Crippen LogP contribution in [0.3, 0.4) is 0 Å². The summed E-state index contributed by atoms with van der Waals surface area (Å²) in [5.74, 6) is 1.58. The molecule has 7 heteroatoms. The lowest BCUT2D eigenvalue weighted by Crippen LogP contribution is -2.00. The zero-order chi connectivity index (χ0) is 12.4. The average Bonchev–Trinajstić information content (AvgIpc) is 2.60. The highest BCUT2D eigenvalue weighted by molar-refractivity contribution is 9.10. The van der Waals surface area contributed by atoms with Crippen molar-refractivity contribution < 1.29 is 4.74 Å². The molecular formula is C10H12BrN5O. The number of rotatable bonds is 3. The fourth-order valence-electron chi connectivity index (χ4n) is 1.32. The standard InChI is InChI=1S/C10H12BrN5O/c1-6-4-8(16(3)15-6)17-9-7(11)5-13-10(12-2)14-9/h4-5H,1-3H3,(H,12,13,14). The first-order valence-corrected chi connectivity index (χ1v) is 5.78. The lowest BCUT2D eigenvalue weighted by atomic mass is 10.5. The third-order valence-electron chi connectivity index (χ3n) is 2.10. The number of hydrogen-bond acceptors (Lipinski definition) is 5. The van der Waals surface area contributed by atoms with E-state index in [4.69, 9.17) is 4.74 Å². The molecule has 0 saturated heterocycles. The van der Waals surface area contributed by atoms with Crippen LogP contribution in [0, 0.1) is 6.92 Å². The van der Waals surface area contributed by atoms with Gasteiger partial charge in [0, 0.05) is 20.2 Å². The van der Waals surface area contributed by atoms with E-state index in [1.54, 1.807) is 17.9 Å². The smallest absolute Gasteiger partial charge is 0.240 e. The Morgan fingerprint density at radius 2 is 2.24 bits per heavy atom. The minimum atomic E-state index is 0.451. The molecule has 0 unspecified atom stereocenters. The fourth-order valence-corrected chi connectivity index (χ4v) is 1.60. The zero-order valence-electron chi connectivity index (χ0n) is 9.73. The van der Waals surface area contributed by atoms with Crippen LogP contribution in [0.15, 0.2) is 16.7 Å². The summed E-state index contributed by atoms with van der Waals surface area (Å²) in [5, 5.41) is 7.05. The Labute approximate surface area is 107 Å². The summed E-state index contributed by atoms with van der Waals surface area (Å²) >= 11 is 3.34. The van der Waals surface area contributed by atoms with E-state index in [1.807, 2.05) is 20.0 Å². The van der Waals surface area contributed by atoms with Crippen LogP contribution in [0.2, 0.25) is 0 Å². The molecule has 0 aromatic carbocycles. The van der Waals surface area contributed by atoms with E-state index in [2.05, 4.69) is 36.3 Å². The summed E-state index contributed by atoms with van der Waals surface area (Å²) < 4.78 is 8.01. The van der Waals surface area contributed by atoms with Crippen molar-refractivity contribution in [2.75, 3.05) is 12.4 Å². The van der Waals surface area contributed by atoms with Crippen molar-refractivity contribution in [1.82, 2.24) is 19.7 Å². The number of hydrogen-bond donors (Lipinski definition) is 1. The van der Waals surface area contributed by atoms with Gasteiger partial charge >= 0.3 is 0 Å². The van der Waals surface area contributed by atoms with Gasteiger partial charge in [-0.25, -0.2) is 9.67 Å². The van der Waals surface area contributed by atoms with Gasteiger partial charge in [-0.15, -0.1) is 0 Å². The minimum absolute atomic E-state index is 0.451. The van der Waals surface area contributed by atoms with Crippen LogP contribution in [-0.4, -0.2) is 26.8 Å². The molecule has 0 bridgehead atoms. The minimum Gasteiger partial charge on any atom is -0.420 e. The summed E-state index contributed by atoms with van der Waals surface area (Å²) in [6.07, 6.45) is 1.64. The predicted molar refractivity (Wildman–Crippen MR) is 67.3 cm³/mol. The number of ether oxygens (including phenoxy) is 1. The van der Waals surface area contributed by atoms with Crippen LogP contribution >= 0.6 is 15.9 Å². The lowest BCUT2D eigenvalue weighted by Gasteiger charge is -2.07. The average molecular weight is 298 g/mol. The van der Waals surface area contributed by atoms with Crippen LogP contribution in [0.5, 0.6) is 11.8 Å². The fraction of sp³-hybridized carbons (Fsp3) is 0.300. The monoisotopic (exact) mass is 297 g/mol. The van der Waals surface area contributed by atoms with Gasteiger partial charge < -0.3 is 10.1 Å². The van der Waals surface area contributed by atoms with Crippen molar-refractivity contribution in [1.29, 1.82) is 0 Å². The van der Waals surface area contributed by atoms with Crippen molar-refractivity contribution in [3.63, 3.8) is 0 Å². The van der Waals surface area contributed by atoms with Gasteiger partial charge in [0.25, 0.3) is 0 Å². The first-order valence-electron chi connectivity index (χ1n) is 4.99. The molecule has 1 N–H and O–H groups in total. The van der Waals surface area contributed by atoms with Gasteiger partial charge in [0.05, 0.1) is 16.4 Å². The van der Waals surface area contributed by atoms with E-state index in [9.17, 15) is 0 Å². The number of anilines is 1. The Hall–Kier alpha value is -1.63. The largest absolute Gasteiger partial charge is 0.420 e. The Bertz CT molecular complexity index is 539. The number of nitrogens with one attached hydrogen (secondary N) is 1. The van der Waals surface area contributed by atoms with Crippen molar-refractivity contribution >= 4 is 21.9 Å². The van der Waals surface area contributed by atoms with E-state index in [0.29, 0.717) is 22.2 Å². The zero-order valence-corrected chi connectivity index (χ0v) is 11.3. The predicted octanol–water partition coefficient (Wildman–Crippen LogP) is 2.12. The molecule has 2 aromatic heterocycles. The van der Waals surface area contributed by atoms with Gasteiger partial charge in [0.1, 0.15) is 0 Å². The molecule has 0 aliphatic rings. The van der Waals surface area contributed by atoms with Crippen molar-refractivity contribution in [3.05, 3.63) is 22.4 Å². The summed E-state index contributed by atoms with van der Waals surface area (Å²) in [6, 6.07) is 1.84. The third kappa shape index (κ3) is 2.55. The molecule has 90 valence electrons. The van der Waals surface area contributed by atoms with E-state index >= 15 is 0 Å². The van der Waals surface area contributed by atoms with E-state index < -0.39 is 0 Å². The van der Waals surface area contributed by atoms with E-state index in [-0.39, 0.29) is 0 Å². The molecule has 0 fully saturated rings. The van der Waals surface area contributed by atoms with Gasteiger partial charge in [-0.1, -0.05) is 0 Å². The van der Waals surface area contributed by atoms with Crippen molar-refractivity contribution in [2.24, 2.45) is 7.05 Å². The molecular weight excluding hydrogens is 286 g/mol. The molecule has 6 nitrogen and oxygen atoms in total. The second kappa shape index (κ2) is 4.70. The number of aromatic nitrogens is 4. The molecule has 2 heterocycles. The van der Waals surface area contributed by atoms with E-state index in [1.165, 1.54) is 0 Å². The van der Waals surface area contributed by atoms with Crippen LogP contribution < -0.4 is 10.1 Å². The number of nitrogens with zero attached hydrogens (tertiary/aromatic N) is 4. The molecule has 0 amide bonds. The third-order valence-corrected chi connectivity index (χ3v) is 2.64. The Morgan fingerprint density at radius 3 is 2.82 bits per heavy atom. The first kappa shape index (κ1) is 11.8. The summed E-state index contributed by atoms with van der Waals surface area (Å²) in [6.45, 7) is 1.90. The first-order chi connectivity index (χ1) is 8.10. The van der Waals surface area contributed by atoms with Crippen LogP contribution in [0.4, 0.5) is 5.95 Å². The highest BCUT2D eigenvalue weighted by Gasteiger charge is 2.10. The Kier molecular flexibility index (Phi) is 3.28. The Balaban J connectivity index is 2.32. The summed E-state index contributed by atoms with van der Waals surface area (Å²) in [4.78, 5) is 8.26. The number of halogens is 1. The molecule has 0 atom stereocenters. The SMILES string of the molecule is CNc1ncc(Br)c(Oc2cc(C)nn2C)n1. The normalized spacial score (nSPS) is 10.4. The van der Waals surface area contributed by atoms with Crippen molar-refractivity contribution in [2.45, 2.75) is 6.92 Å². The lowest BCUT2D eigenvalue weighted by molar-refractivity contribution is 0.412. The van der Waals surface area contributed by atoms with Gasteiger partial charge in [0.15, 0.2) is 0 Å². The van der Waals surface area contributed by atoms with E-state index in [0.717, 1.165) is 5.69 Å². The highest BCUT2D eigenvalue weighted by atomic mass is 79.9. The number of aryl methyl sites for hydroxylation is 2. The quantitative estimate of drug-likeness (QED) is 0.940. The maximum atomic E-state index is 5.67. The molecule has 2 aromatic rings. The van der Waals surface area contributed by atoms with Crippen LogP contribution in [0.1, 0.15) is 5.69 Å². The van der Waals surface area contributed by atoms with Gasteiger partial charge in [0.2, 0.25) is 17.7 Å². The molecule has 0 aliphatic heterocycles. The van der Waals surface area contributed by atoms with Crippen LogP contribution in [-0.2, 0) is 7.05 Å². The maximum absolute atomic E-state index is 5.67. The van der Waals surface area contributed by atoms with Gasteiger partial charge in [-0.2, -0.15) is 10.1 Å². The topological polar surface area (TPSA) is 64.9 Å². The second-order valence-corrected chi connectivity index (χ2v) is 4.30. The van der Waals surface area contributed by atoms with Gasteiger partial charge in [-0.3, -0.25) is 0 Å². The van der Waals surface area contributed by atoms with Gasteiger partial charge in [-0.05, 0) is 22.9 Å². The molecule has 0 radical (unpaired) electrons. The summed E-state index contributed by atoms with van der Waals surface area (Å²) in [5.41, 5.74) is 0.890. The summed E-state index contributed by atoms with van der Waals surface area (Å²) in [7, 11) is 3.57. The second-order valence-electron chi connectivity index (χ2n) is 3.45.